The van der Waals surface area contributed by atoms with Gasteiger partial charge >= 0.3 is 5.97 Å². The molecule has 20 heavy (non-hydrogen) atoms. The molecule has 0 saturated carbocycles. The van der Waals surface area contributed by atoms with Crippen LogP contribution in [-0.4, -0.2) is 15.6 Å². The lowest BCUT2D eigenvalue weighted by atomic mass is 9.90. The van der Waals surface area contributed by atoms with Gasteiger partial charge in [0.05, 0.1) is 11.4 Å². The first-order valence-corrected chi connectivity index (χ1v) is 6.71. The van der Waals surface area contributed by atoms with E-state index in [1.54, 1.807) is 13.0 Å². The minimum absolute atomic E-state index is 0.0133. The quantitative estimate of drug-likeness (QED) is 0.927. The summed E-state index contributed by atoms with van der Waals surface area (Å²) in [6.45, 7) is 6.19. The van der Waals surface area contributed by atoms with Gasteiger partial charge in [-0.1, -0.05) is 19.6 Å². The van der Waals surface area contributed by atoms with Gasteiger partial charge in [-0.3, -0.25) is 4.79 Å². The van der Waals surface area contributed by atoms with Crippen molar-refractivity contribution in [1.82, 2.24) is 4.57 Å². The molecule has 1 aliphatic rings. The van der Waals surface area contributed by atoms with Crippen molar-refractivity contribution < 1.29 is 14.3 Å². The van der Waals surface area contributed by atoms with E-state index in [0.717, 1.165) is 35.1 Å². The lowest BCUT2D eigenvalue weighted by molar-refractivity contribution is -0.141. The Labute approximate surface area is 116 Å². The summed E-state index contributed by atoms with van der Waals surface area (Å²) in [6, 6.07) is 4.96. The van der Waals surface area contributed by atoms with Gasteiger partial charge in [-0.2, -0.15) is 0 Å². The van der Waals surface area contributed by atoms with Crippen molar-refractivity contribution in [2.24, 2.45) is 5.92 Å². The average molecular weight is 273 g/mol. The molecular weight excluding hydrogens is 257 g/mol. The molecule has 3 rings (SSSR count). The fourth-order valence-corrected chi connectivity index (χ4v) is 3.19. The van der Waals surface area contributed by atoms with Crippen LogP contribution >= 0.6 is 0 Å². The fraction of sp³-hybridized carbons (Fsp3) is 0.312. The van der Waals surface area contributed by atoms with Crippen LogP contribution in [0.3, 0.4) is 0 Å². The minimum Gasteiger partial charge on any atom is -0.481 e. The van der Waals surface area contributed by atoms with Gasteiger partial charge in [-0.25, -0.2) is 4.39 Å². The van der Waals surface area contributed by atoms with E-state index >= 15 is 0 Å². The second-order valence-electron chi connectivity index (χ2n) is 5.37. The van der Waals surface area contributed by atoms with E-state index in [0.29, 0.717) is 0 Å². The van der Waals surface area contributed by atoms with Crippen LogP contribution in [0, 0.1) is 11.7 Å². The highest BCUT2D eigenvalue weighted by Crippen LogP contribution is 2.40. The number of rotatable bonds is 3. The van der Waals surface area contributed by atoms with Gasteiger partial charge in [0.25, 0.3) is 0 Å². The molecule has 0 aliphatic carbocycles. The van der Waals surface area contributed by atoms with E-state index in [2.05, 4.69) is 6.58 Å². The van der Waals surface area contributed by atoms with E-state index in [1.165, 1.54) is 12.1 Å². The van der Waals surface area contributed by atoms with Gasteiger partial charge < -0.3 is 9.67 Å². The molecule has 1 aliphatic heterocycles. The Kier molecular flexibility index (Phi) is 2.89. The second kappa shape index (κ2) is 4.47. The molecule has 2 aromatic rings. The maximum Gasteiger partial charge on any atom is 0.306 e. The van der Waals surface area contributed by atoms with Crippen molar-refractivity contribution in [2.45, 2.75) is 25.8 Å². The summed E-state index contributed by atoms with van der Waals surface area (Å²) in [5.41, 5.74) is 2.57. The standard InChI is InChI=1S/C16H16FNO2/c1-3-10-6-11(17)7-14-13(10)8-15-12(4-5-18(14)15)9(2)16(19)20/h3,6-9,12H,1,4-5H2,2H3,(H,19,20). The maximum absolute atomic E-state index is 13.7. The number of benzene rings is 1. The van der Waals surface area contributed by atoms with Gasteiger partial charge in [-0.15, -0.1) is 0 Å². The number of fused-ring (bicyclic) bond motifs is 3. The predicted octanol–water partition coefficient (Wildman–Crippen LogP) is 3.63. The molecule has 1 N–H and O–H groups in total. The second-order valence-corrected chi connectivity index (χ2v) is 5.37. The molecule has 0 bridgehead atoms. The van der Waals surface area contributed by atoms with Crippen molar-refractivity contribution >= 4 is 22.9 Å². The van der Waals surface area contributed by atoms with Crippen LogP contribution < -0.4 is 0 Å². The lowest BCUT2D eigenvalue weighted by Crippen LogP contribution is -2.17. The third-order valence-electron chi connectivity index (χ3n) is 4.31. The number of aryl methyl sites for hydroxylation is 1. The van der Waals surface area contributed by atoms with Crippen molar-refractivity contribution in [3.05, 3.63) is 41.9 Å². The van der Waals surface area contributed by atoms with E-state index in [1.807, 2.05) is 10.6 Å². The van der Waals surface area contributed by atoms with E-state index in [4.69, 9.17) is 0 Å². The summed E-state index contributed by atoms with van der Waals surface area (Å²) in [6.07, 6.45) is 2.43. The fourth-order valence-electron chi connectivity index (χ4n) is 3.19. The number of aromatic nitrogens is 1. The molecule has 0 fully saturated rings. The Bertz CT molecular complexity index is 717. The number of hydrogen-bond acceptors (Lipinski definition) is 1. The lowest BCUT2D eigenvalue weighted by Gasteiger charge is -2.13. The largest absolute Gasteiger partial charge is 0.481 e. The number of carboxylic acid groups (broad SMARTS) is 1. The summed E-state index contributed by atoms with van der Waals surface area (Å²) in [5, 5.41) is 10.1. The minimum atomic E-state index is -0.788. The molecule has 0 spiro atoms. The first-order valence-electron chi connectivity index (χ1n) is 6.71. The molecule has 2 heterocycles. The zero-order valence-corrected chi connectivity index (χ0v) is 11.3. The Hall–Kier alpha value is -2.10. The third kappa shape index (κ3) is 1.75. The molecule has 0 amide bonds. The van der Waals surface area contributed by atoms with Gasteiger partial charge in [0, 0.05) is 23.5 Å². The highest BCUT2D eigenvalue weighted by atomic mass is 19.1. The molecule has 1 aromatic carbocycles. The van der Waals surface area contributed by atoms with E-state index < -0.39 is 11.9 Å². The topological polar surface area (TPSA) is 42.2 Å². The van der Waals surface area contributed by atoms with Crippen LogP contribution in [0.2, 0.25) is 0 Å². The molecular formula is C16H16FNO2. The summed E-state index contributed by atoms with van der Waals surface area (Å²) in [5.74, 6) is -1.52. The van der Waals surface area contributed by atoms with E-state index in [-0.39, 0.29) is 11.7 Å². The Morgan fingerprint density at radius 1 is 1.55 bits per heavy atom. The monoisotopic (exact) mass is 273 g/mol. The molecule has 1 aromatic heterocycles. The Morgan fingerprint density at radius 2 is 2.30 bits per heavy atom. The summed E-state index contributed by atoms with van der Waals surface area (Å²) >= 11 is 0. The molecule has 3 nitrogen and oxygen atoms in total. The van der Waals surface area contributed by atoms with Crippen molar-refractivity contribution in [3.63, 3.8) is 0 Å². The maximum atomic E-state index is 13.7. The molecule has 104 valence electrons. The number of nitrogens with zero attached hydrogens (tertiary/aromatic N) is 1. The molecule has 0 saturated heterocycles. The normalized spacial score (nSPS) is 19.0. The van der Waals surface area contributed by atoms with Crippen LogP contribution in [-0.2, 0) is 11.3 Å². The number of aliphatic carboxylic acids is 1. The van der Waals surface area contributed by atoms with Crippen LogP contribution in [0.25, 0.3) is 17.0 Å². The number of carboxylic acids is 1. The van der Waals surface area contributed by atoms with Gasteiger partial charge in [0.2, 0.25) is 0 Å². The summed E-state index contributed by atoms with van der Waals surface area (Å²) < 4.78 is 15.7. The zero-order chi connectivity index (χ0) is 14.4. The highest BCUT2D eigenvalue weighted by Gasteiger charge is 2.33. The van der Waals surface area contributed by atoms with Gasteiger partial charge in [0.1, 0.15) is 5.82 Å². The summed E-state index contributed by atoms with van der Waals surface area (Å²) in [7, 11) is 0. The van der Waals surface area contributed by atoms with Crippen LogP contribution in [0.5, 0.6) is 0 Å². The number of hydrogen-bond donors (Lipinski definition) is 1. The smallest absolute Gasteiger partial charge is 0.306 e. The van der Waals surface area contributed by atoms with Crippen LogP contribution in [0.15, 0.2) is 24.8 Å². The third-order valence-corrected chi connectivity index (χ3v) is 4.31. The average Bonchev–Trinajstić information content (AvgIpc) is 2.96. The van der Waals surface area contributed by atoms with Gasteiger partial charge in [0.15, 0.2) is 0 Å². The van der Waals surface area contributed by atoms with Gasteiger partial charge in [-0.05, 0) is 30.2 Å². The molecule has 0 radical (unpaired) electrons. The highest BCUT2D eigenvalue weighted by molar-refractivity contribution is 5.90. The summed E-state index contributed by atoms with van der Waals surface area (Å²) in [4.78, 5) is 11.2. The first-order chi connectivity index (χ1) is 9.52. The van der Waals surface area contributed by atoms with Crippen LogP contribution in [0.1, 0.15) is 30.5 Å². The molecule has 2 atom stereocenters. The number of halogens is 1. The van der Waals surface area contributed by atoms with Crippen molar-refractivity contribution in [3.8, 4) is 0 Å². The Morgan fingerprint density at radius 3 is 2.95 bits per heavy atom. The number of carbonyl (C=O) groups is 1. The van der Waals surface area contributed by atoms with Crippen molar-refractivity contribution in [1.29, 1.82) is 0 Å². The SMILES string of the molecule is C=Cc1cc(F)cc2c1cc1n2CCC1C(C)C(=O)O. The van der Waals surface area contributed by atoms with Crippen LogP contribution in [0.4, 0.5) is 4.39 Å². The molecule has 2 unspecified atom stereocenters. The first kappa shape index (κ1) is 12.9. The van der Waals surface area contributed by atoms with E-state index in [9.17, 15) is 14.3 Å². The van der Waals surface area contributed by atoms with Crippen molar-refractivity contribution in [2.75, 3.05) is 0 Å². The zero-order valence-electron chi connectivity index (χ0n) is 11.3. The predicted molar refractivity (Wildman–Crippen MR) is 76.1 cm³/mol. The Balaban J connectivity index is 2.20. The molecule has 4 heteroatoms.